The highest BCUT2D eigenvalue weighted by Crippen LogP contribution is 2.13. The van der Waals surface area contributed by atoms with E-state index in [1.165, 1.54) is 23.7 Å². The summed E-state index contributed by atoms with van der Waals surface area (Å²) >= 11 is 0. The van der Waals surface area contributed by atoms with Gasteiger partial charge in [0.15, 0.2) is 0 Å². The zero-order valence-electron chi connectivity index (χ0n) is 16.1. The summed E-state index contributed by atoms with van der Waals surface area (Å²) in [5.41, 5.74) is 3.45. The molecule has 1 aromatic heterocycles. The molecule has 0 saturated heterocycles. The SMILES string of the molecule is [B]CCCCCC[n+]1c(/C=N/N(C)c2ccccc2)ccc2ccccc21. The monoisotopic (exact) mass is 356 g/mol. The van der Waals surface area contributed by atoms with Crippen molar-refractivity contribution in [3.8, 4) is 0 Å². The lowest BCUT2D eigenvalue weighted by Gasteiger charge is -2.12. The molecule has 0 spiro atoms. The number of hydrogen-bond donors (Lipinski definition) is 0. The molecule has 3 aromatic rings. The largest absolute Gasteiger partial charge is 0.268 e. The van der Waals surface area contributed by atoms with Crippen LogP contribution in [0.25, 0.3) is 10.9 Å². The minimum Gasteiger partial charge on any atom is -0.268 e. The molecule has 3 rings (SSSR count). The van der Waals surface area contributed by atoms with Crippen molar-refractivity contribution in [2.45, 2.75) is 38.5 Å². The highest BCUT2D eigenvalue weighted by Gasteiger charge is 2.14. The highest BCUT2D eigenvalue weighted by molar-refractivity contribution is 6.08. The van der Waals surface area contributed by atoms with Gasteiger partial charge in [0, 0.05) is 31.0 Å². The third-order valence-electron chi connectivity index (χ3n) is 4.80. The molecular formula is C23H27BN3+. The molecule has 0 N–H and O–H groups in total. The minimum absolute atomic E-state index is 0.783. The van der Waals surface area contributed by atoms with Crippen LogP contribution < -0.4 is 9.58 Å². The van der Waals surface area contributed by atoms with E-state index < -0.39 is 0 Å². The van der Waals surface area contributed by atoms with Crippen LogP contribution in [-0.2, 0) is 6.54 Å². The molecule has 0 unspecified atom stereocenters. The molecule has 2 aromatic carbocycles. The Hall–Kier alpha value is -2.62. The second-order valence-corrected chi connectivity index (χ2v) is 6.78. The van der Waals surface area contributed by atoms with Crippen LogP contribution >= 0.6 is 0 Å². The Morgan fingerprint density at radius 3 is 2.44 bits per heavy atom. The quantitative estimate of drug-likeness (QED) is 0.178. The van der Waals surface area contributed by atoms with E-state index in [2.05, 4.69) is 58.2 Å². The summed E-state index contributed by atoms with van der Waals surface area (Å²) in [6.45, 7) is 0.988. The molecule has 27 heavy (non-hydrogen) atoms. The summed E-state index contributed by atoms with van der Waals surface area (Å²) in [6, 6.07) is 23.1. The van der Waals surface area contributed by atoms with Crippen LogP contribution in [0.3, 0.4) is 0 Å². The van der Waals surface area contributed by atoms with Crippen LogP contribution in [0.4, 0.5) is 5.69 Å². The van der Waals surface area contributed by atoms with Gasteiger partial charge in [-0.25, -0.2) is 0 Å². The van der Waals surface area contributed by atoms with Gasteiger partial charge in [0.2, 0.25) is 11.2 Å². The number of hydrazone groups is 1. The fourth-order valence-electron chi connectivity index (χ4n) is 3.26. The first kappa shape index (κ1) is 19.2. The maximum Gasteiger partial charge on any atom is 0.225 e. The van der Waals surface area contributed by atoms with Crippen LogP contribution in [0.15, 0.2) is 71.8 Å². The summed E-state index contributed by atoms with van der Waals surface area (Å²) in [7, 11) is 7.59. The molecule has 3 nitrogen and oxygen atoms in total. The van der Waals surface area contributed by atoms with Gasteiger partial charge in [0.05, 0.1) is 13.5 Å². The average Bonchev–Trinajstić information content (AvgIpc) is 2.73. The zero-order chi connectivity index (χ0) is 18.9. The summed E-state index contributed by atoms with van der Waals surface area (Å²) < 4.78 is 2.38. The first-order valence-corrected chi connectivity index (χ1v) is 9.74. The predicted octanol–water partition coefficient (Wildman–Crippen LogP) is 4.74. The van der Waals surface area contributed by atoms with E-state index in [1.807, 2.05) is 36.5 Å². The van der Waals surface area contributed by atoms with E-state index in [1.54, 1.807) is 0 Å². The Labute approximate surface area is 163 Å². The smallest absolute Gasteiger partial charge is 0.225 e. The Bertz CT molecular complexity index is 877. The van der Waals surface area contributed by atoms with Crippen LogP contribution in [0.5, 0.6) is 0 Å². The van der Waals surface area contributed by atoms with Crippen LogP contribution in [-0.4, -0.2) is 21.1 Å². The van der Waals surface area contributed by atoms with E-state index in [4.69, 9.17) is 7.85 Å². The van der Waals surface area contributed by atoms with Crippen molar-refractivity contribution in [1.29, 1.82) is 0 Å². The average molecular weight is 356 g/mol. The third-order valence-corrected chi connectivity index (χ3v) is 4.80. The summed E-state index contributed by atoms with van der Waals surface area (Å²) in [4.78, 5) is 0. The molecule has 2 radical (unpaired) electrons. The highest BCUT2D eigenvalue weighted by atomic mass is 15.4. The Kier molecular flexibility index (Phi) is 7.03. The number of nitrogens with zero attached hydrogens (tertiary/aromatic N) is 3. The molecular weight excluding hydrogens is 329 g/mol. The van der Waals surface area contributed by atoms with Crippen LogP contribution in [0.1, 0.15) is 31.4 Å². The number of hydrogen-bond acceptors (Lipinski definition) is 2. The lowest BCUT2D eigenvalue weighted by atomic mass is 9.99. The van der Waals surface area contributed by atoms with E-state index in [9.17, 15) is 0 Å². The number of aromatic nitrogens is 1. The van der Waals surface area contributed by atoms with Gasteiger partial charge in [-0.2, -0.15) is 9.67 Å². The Morgan fingerprint density at radius 2 is 1.63 bits per heavy atom. The van der Waals surface area contributed by atoms with Gasteiger partial charge in [0.25, 0.3) is 0 Å². The van der Waals surface area contributed by atoms with Gasteiger partial charge < -0.3 is 0 Å². The van der Waals surface area contributed by atoms with Gasteiger partial charge >= 0.3 is 0 Å². The van der Waals surface area contributed by atoms with Crippen molar-refractivity contribution in [3.05, 3.63) is 72.4 Å². The number of pyridine rings is 1. The third kappa shape index (κ3) is 5.19. The molecule has 0 saturated carbocycles. The van der Waals surface area contributed by atoms with Gasteiger partial charge in [-0.05, 0) is 30.7 Å². The van der Waals surface area contributed by atoms with Crippen molar-refractivity contribution < 1.29 is 4.57 Å². The number of fused-ring (bicyclic) bond motifs is 1. The van der Waals surface area contributed by atoms with Gasteiger partial charge in [-0.1, -0.05) is 49.5 Å². The standard InChI is InChI=1S/C23H27BN3/c1-26(21-12-5-4-6-13-21)25-19-22-16-15-20-11-7-8-14-23(20)27(22)18-10-3-2-9-17-24/h4-8,11-16,19H,2-3,9-10,17-18H2,1H3/q+1. The number of rotatable bonds is 9. The number of benzene rings is 2. The normalized spacial score (nSPS) is 11.3. The summed E-state index contributed by atoms with van der Waals surface area (Å²) in [5.74, 6) is 0. The first-order valence-electron chi connectivity index (χ1n) is 9.74. The summed E-state index contributed by atoms with van der Waals surface area (Å²) in [5, 5.41) is 7.82. The van der Waals surface area contributed by atoms with Gasteiger partial charge in [-0.3, -0.25) is 5.01 Å². The van der Waals surface area contributed by atoms with Crippen molar-refractivity contribution in [1.82, 2.24) is 0 Å². The second-order valence-electron chi connectivity index (χ2n) is 6.78. The molecule has 4 heteroatoms. The van der Waals surface area contributed by atoms with Gasteiger partial charge in [0.1, 0.15) is 12.8 Å². The maximum atomic E-state index is 5.61. The fraction of sp³-hybridized carbons (Fsp3) is 0.304. The second kappa shape index (κ2) is 9.91. The maximum absolute atomic E-state index is 5.61. The molecule has 136 valence electrons. The number of para-hydroxylation sites is 2. The van der Waals surface area contributed by atoms with E-state index >= 15 is 0 Å². The van der Waals surface area contributed by atoms with Crippen molar-refractivity contribution in [2.24, 2.45) is 5.10 Å². The topological polar surface area (TPSA) is 19.5 Å². The molecule has 0 aliphatic carbocycles. The zero-order valence-corrected chi connectivity index (χ0v) is 16.1. The number of unbranched alkanes of at least 4 members (excludes halogenated alkanes) is 3. The van der Waals surface area contributed by atoms with Gasteiger partial charge in [-0.15, -0.1) is 0 Å². The lowest BCUT2D eigenvalue weighted by Crippen LogP contribution is -2.39. The van der Waals surface area contributed by atoms with Crippen LogP contribution in [0, 0.1) is 0 Å². The molecule has 0 atom stereocenters. The molecule has 0 bridgehead atoms. The van der Waals surface area contributed by atoms with Crippen molar-refractivity contribution in [3.63, 3.8) is 0 Å². The molecule has 0 aliphatic heterocycles. The molecule has 0 fully saturated rings. The van der Waals surface area contributed by atoms with E-state index in [0.717, 1.165) is 37.1 Å². The van der Waals surface area contributed by atoms with E-state index in [-0.39, 0.29) is 0 Å². The van der Waals surface area contributed by atoms with Crippen molar-refractivity contribution >= 4 is 30.7 Å². The first-order chi connectivity index (χ1) is 13.3. The fourth-order valence-corrected chi connectivity index (χ4v) is 3.26. The number of anilines is 1. The Balaban J connectivity index is 1.82. The Morgan fingerprint density at radius 1 is 0.889 bits per heavy atom. The molecule has 1 heterocycles. The molecule has 0 aliphatic rings. The van der Waals surface area contributed by atoms with E-state index in [0.29, 0.717) is 0 Å². The minimum atomic E-state index is 0.783. The lowest BCUT2D eigenvalue weighted by molar-refractivity contribution is -0.672. The number of aryl methyl sites for hydroxylation is 1. The van der Waals surface area contributed by atoms with Crippen molar-refractivity contribution in [2.75, 3.05) is 12.1 Å². The summed E-state index contributed by atoms with van der Waals surface area (Å²) in [6.07, 6.45) is 7.39. The van der Waals surface area contributed by atoms with Crippen LogP contribution in [0.2, 0.25) is 6.32 Å². The molecule has 0 amide bonds. The predicted molar refractivity (Wildman–Crippen MR) is 116 cm³/mol.